The number of carbonyl (C=O) groups is 1. The summed E-state index contributed by atoms with van der Waals surface area (Å²) in [6.45, 7) is 4.01. The first-order valence-corrected chi connectivity index (χ1v) is 6.87. The molecule has 0 aliphatic rings. The fourth-order valence-electron chi connectivity index (χ4n) is 1.94. The summed E-state index contributed by atoms with van der Waals surface area (Å²) in [5.41, 5.74) is 1.88. The number of hydrogen-bond donors (Lipinski definition) is 1. The maximum atomic E-state index is 12.1. The van der Waals surface area contributed by atoms with Gasteiger partial charge in [-0.15, -0.1) is 0 Å². The Kier molecular flexibility index (Phi) is 3.69. The molecule has 22 heavy (non-hydrogen) atoms. The Bertz CT molecular complexity index is 760. The van der Waals surface area contributed by atoms with Crippen LogP contribution in [-0.2, 0) is 0 Å². The number of nitrogens with zero attached hydrogens (tertiary/aromatic N) is 4. The van der Waals surface area contributed by atoms with Gasteiger partial charge >= 0.3 is 0 Å². The van der Waals surface area contributed by atoms with Gasteiger partial charge in [-0.2, -0.15) is 10.1 Å². The minimum Gasteiger partial charge on any atom is -0.342 e. The first-order valence-electron chi connectivity index (χ1n) is 6.87. The zero-order valence-electron chi connectivity index (χ0n) is 12.2. The molecule has 112 valence electrons. The SMILES string of the molecule is CC(C)n1ccc(C(=O)Nc2ccc(-c3ncon3)cc2)n1. The molecule has 0 saturated carbocycles. The van der Waals surface area contributed by atoms with E-state index in [2.05, 4.69) is 20.6 Å². The van der Waals surface area contributed by atoms with Crippen LogP contribution in [0.5, 0.6) is 0 Å². The standard InChI is InChI=1S/C15H15N5O2/c1-10(2)20-8-7-13(18-20)15(21)17-12-5-3-11(4-6-12)14-16-9-22-19-14/h3-10H,1-2H3,(H,17,21). The number of benzene rings is 1. The van der Waals surface area contributed by atoms with Crippen molar-refractivity contribution >= 4 is 11.6 Å². The normalized spacial score (nSPS) is 10.9. The van der Waals surface area contributed by atoms with Gasteiger partial charge in [0.15, 0.2) is 5.69 Å². The largest absolute Gasteiger partial charge is 0.342 e. The zero-order valence-corrected chi connectivity index (χ0v) is 12.2. The van der Waals surface area contributed by atoms with Crippen molar-refractivity contribution in [3.63, 3.8) is 0 Å². The molecule has 2 heterocycles. The summed E-state index contributed by atoms with van der Waals surface area (Å²) in [4.78, 5) is 16.1. The molecule has 1 N–H and O–H groups in total. The quantitative estimate of drug-likeness (QED) is 0.800. The summed E-state index contributed by atoms with van der Waals surface area (Å²) in [5.74, 6) is 0.264. The Morgan fingerprint density at radius 2 is 2.00 bits per heavy atom. The maximum Gasteiger partial charge on any atom is 0.276 e. The number of aromatic nitrogens is 4. The second-order valence-corrected chi connectivity index (χ2v) is 5.06. The number of amides is 1. The van der Waals surface area contributed by atoms with Gasteiger partial charge in [-0.1, -0.05) is 5.16 Å². The van der Waals surface area contributed by atoms with Crippen molar-refractivity contribution in [3.8, 4) is 11.4 Å². The van der Waals surface area contributed by atoms with E-state index in [0.29, 0.717) is 17.2 Å². The fraction of sp³-hybridized carbons (Fsp3) is 0.200. The summed E-state index contributed by atoms with van der Waals surface area (Å²) >= 11 is 0. The van der Waals surface area contributed by atoms with Crippen molar-refractivity contribution in [1.82, 2.24) is 19.9 Å². The molecule has 0 atom stereocenters. The first-order chi connectivity index (χ1) is 10.6. The van der Waals surface area contributed by atoms with Crippen LogP contribution in [0.15, 0.2) is 47.4 Å². The minimum atomic E-state index is -0.244. The van der Waals surface area contributed by atoms with Crippen molar-refractivity contribution < 1.29 is 9.32 Å². The summed E-state index contributed by atoms with van der Waals surface area (Å²) in [6.07, 6.45) is 3.06. The predicted molar refractivity (Wildman–Crippen MR) is 80.3 cm³/mol. The Morgan fingerprint density at radius 3 is 2.59 bits per heavy atom. The number of hydrogen-bond acceptors (Lipinski definition) is 5. The molecule has 0 radical (unpaired) electrons. The van der Waals surface area contributed by atoms with Gasteiger partial charge in [-0.3, -0.25) is 9.48 Å². The van der Waals surface area contributed by atoms with E-state index in [9.17, 15) is 4.79 Å². The molecule has 3 rings (SSSR count). The monoisotopic (exact) mass is 297 g/mol. The lowest BCUT2D eigenvalue weighted by Gasteiger charge is -2.05. The van der Waals surface area contributed by atoms with Crippen molar-refractivity contribution in [2.45, 2.75) is 19.9 Å². The van der Waals surface area contributed by atoms with Crippen LogP contribution in [0.3, 0.4) is 0 Å². The Hall–Kier alpha value is -2.96. The molecule has 0 aliphatic heterocycles. The maximum absolute atomic E-state index is 12.1. The average Bonchev–Trinajstić information content (AvgIpc) is 3.20. The van der Waals surface area contributed by atoms with Crippen LogP contribution < -0.4 is 5.32 Å². The average molecular weight is 297 g/mol. The third-order valence-corrected chi connectivity index (χ3v) is 3.13. The van der Waals surface area contributed by atoms with Crippen LogP contribution in [0, 0.1) is 0 Å². The van der Waals surface area contributed by atoms with Crippen molar-refractivity contribution in [1.29, 1.82) is 0 Å². The van der Waals surface area contributed by atoms with E-state index in [0.717, 1.165) is 5.56 Å². The molecule has 1 amide bonds. The van der Waals surface area contributed by atoms with Crippen molar-refractivity contribution in [2.24, 2.45) is 0 Å². The third kappa shape index (κ3) is 2.88. The van der Waals surface area contributed by atoms with Crippen LogP contribution in [0.25, 0.3) is 11.4 Å². The third-order valence-electron chi connectivity index (χ3n) is 3.13. The fourth-order valence-corrected chi connectivity index (χ4v) is 1.94. The van der Waals surface area contributed by atoms with E-state index >= 15 is 0 Å². The molecular formula is C15H15N5O2. The van der Waals surface area contributed by atoms with Crippen molar-refractivity contribution in [3.05, 3.63) is 48.6 Å². The van der Waals surface area contributed by atoms with Gasteiger partial charge in [-0.05, 0) is 44.2 Å². The predicted octanol–water partition coefficient (Wildman–Crippen LogP) is 2.77. The van der Waals surface area contributed by atoms with E-state index < -0.39 is 0 Å². The molecule has 0 spiro atoms. The molecule has 3 aromatic rings. The van der Waals surface area contributed by atoms with Crippen LogP contribution in [0.4, 0.5) is 5.69 Å². The number of rotatable bonds is 4. The Balaban J connectivity index is 1.71. The van der Waals surface area contributed by atoms with E-state index in [-0.39, 0.29) is 11.9 Å². The molecular weight excluding hydrogens is 282 g/mol. The second-order valence-electron chi connectivity index (χ2n) is 5.06. The lowest BCUT2D eigenvalue weighted by atomic mass is 10.2. The van der Waals surface area contributed by atoms with E-state index in [4.69, 9.17) is 4.52 Å². The molecule has 0 aliphatic carbocycles. The highest BCUT2D eigenvalue weighted by Gasteiger charge is 2.11. The van der Waals surface area contributed by atoms with Gasteiger partial charge < -0.3 is 9.84 Å². The number of carbonyl (C=O) groups excluding carboxylic acids is 1. The molecule has 7 heteroatoms. The molecule has 0 fully saturated rings. The van der Waals surface area contributed by atoms with Crippen molar-refractivity contribution in [2.75, 3.05) is 5.32 Å². The zero-order chi connectivity index (χ0) is 15.5. The molecule has 0 bridgehead atoms. The minimum absolute atomic E-state index is 0.218. The summed E-state index contributed by atoms with van der Waals surface area (Å²) in [5, 5.41) is 10.8. The van der Waals surface area contributed by atoms with Crippen LogP contribution >= 0.6 is 0 Å². The summed E-state index contributed by atoms with van der Waals surface area (Å²) in [6, 6.07) is 9.10. The van der Waals surface area contributed by atoms with Gasteiger partial charge in [0.05, 0.1) is 0 Å². The summed E-state index contributed by atoms with van der Waals surface area (Å²) < 4.78 is 6.45. The number of anilines is 1. The van der Waals surface area contributed by atoms with Gasteiger partial charge in [0, 0.05) is 23.5 Å². The first kappa shape index (κ1) is 14.0. The van der Waals surface area contributed by atoms with Gasteiger partial charge in [0.2, 0.25) is 12.2 Å². The second kappa shape index (κ2) is 5.80. The van der Waals surface area contributed by atoms with E-state index in [1.807, 2.05) is 26.0 Å². The number of nitrogens with one attached hydrogen (secondary N) is 1. The van der Waals surface area contributed by atoms with Crippen LogP contribution in [0.1, 0.15) is 30.4 Å². The Labute approximate surface area is 127 Å². The molecule has 0 saturated heterocycles. The smallest absolute Gasteiger partial charge is 0.276 e. The van der Waals surface area contributed by atoms with Crippen LogP contribution in [-0.4, -0.2) is 25.8 Å². The summed E-state index contributed by atoms with van der Waals surface area (Å²) in [7, 11) is 0. The molecule has 0 unspecified atom stereocenters. The topological polar surface area (TPSA) is 85.8 Å². The van der Waals surface area contributed by atoms with Gasteiger partial charge in [0.1, 0.15) is 0 Å². The highest BCUT2D eigenvalue weighted by Crippen LogP contribution is 2.18. The lowest BCUT2D eigenvalue weighted by Crippen LogP contribution is -2.13. The highest BCUT2D eigenvalue weighted by atomic mass is 16.5. The Morgan fingerprint density at radius 1 is 1.23 bits per heavy atom. The van der Waals surface area contributed by atoms with Crippen LogP contribution in [0.2, 0.25) is 0 Å². The molecule has 7 nitrogen and oxygen atoms in total. The lowest BCUT2D eigenvalue weighted by molar-refractivity contribution is 0.102. The van der Waals surface area contributed by atoms with Gasteiger partial charge in [0.25, 0.3) is 5.91 Å². The molecule has 1 aromatic carbocycles. The highest BCUT2D eigenvalue weighted by molar-refractivity contribution is 6.02. The van der Waals surface area contributed by atoms with Gasteiger partial charge in [-0.25, -0.2) is 0 Å². The van der Waals surface area contributed by atoms with E-state index in [1.54, 1.807) is 29.1 Å². The molecule has 2 aromatic heterocycles. The van der Waals surface area contributed by atoms with E-state index in [1.165, 1.54) is 6.39 Å².